The Bertz CT molecular complexity index is 1690. The van der Waals surface area contributed by atoms with E-state index in [1.807, 2.05) is 24.3 Å². The van der Waals surface area contributed by atoms with E-state index in [0.29, 0.717) is 33.8 Å². The first-order chi connectivity index (χ1) is 17.9. The number of para-hydroxylation sites is 4. The molecule has 5 rings (SSSR count). The number of nitrogen functional groups attached to an aromatic ring is 1. The molecule has 5 aromatic rings. The van der Waals surface area contributed by atoms with E-state index in [-0.39, 0.29) is 24.0 Å². The number of nitrogens with two attached hydrogens (primary N) is 1. The number of rotatable bonds is 6. The fraction of sp³-hybridized carbons (Fsp3) is 0.0714. The van der Waals surface area contributed by atoms with Gasteiger partial charge in [-0.05, 0) is 54.1 Å². The van der Waals surface area contributed by atoms with E-state index >= 15 is 0 Å². The summed E-state index contributed by atoms with van der Waals surface area (Å²) in [6.07, 6.45) is 3.04. The minimum Gasteiger partial charge on any atom is -0.397 e. The van der Waals surface area contributed by atoms with Crippen molar-refractivity contribution in [2.45, 2.75) is 6.54 Å². The van der Waals surface area contributed by atoms with Crippen molar-refractivity contribution in [2.75, 3.05) is 16.4 Å². The maximum atomic E-state index is 13.0. The summed E-state index contributed by atoms with van der Waals surface area (Å²) >= 11 is 0. The molecule has 2 aromatic heterocycles. The zero-order chi connectivity index (χ0) is 25.9. The molecule has 0 bridgehead atoms. The molecular weight excluding hydrogens is 468 g/mol. The molecule has 9 nitrogen and oxygen atoms in total. The first kappa shape index (κ1) is 23.6. The van der Waals surface area contributed by atoms with Crippen LogP contribution in [-0.4, -0.2) is 25.9 Å². The highest BCUT2D eigenvalue weighted by atomic mass is 16.2. The number of pyridine rings is 1. The molecule has 9 heteroatoms. The highest BCUT2D eigenvalue weighted by Crippen LogP contribution is 2.24. The number of nitrogens with zero attached hydrogens (tertiary/aromatic N) is 3. The van der Waals surface area contributed by atoms with E-state index in [0.717, 1.165) is 11.0 Å². The van der Waals surface area contributed by atoms with Crippen LogP contribution >= 0.6 is 0 Å². The zero-order valence-corrected chi connectivity index (χ0v) is 20.0. The van der Waals surface area contributed by atoms with Crippen LogP contribution in [-0.2, 0) is 13.6 Å². The number of benzene rings is 3. The molecule has 0 saturated carbocycles. The highest BCUT2D eigenvalue weighted by molar-refractivity contribution is 6.08. The lowest BCUT2D eigenvalue weighted by Gasteiger charge is -2.15. The number of anilines is 3. The van der Waals surface area contributed by atoms with Crippen LogP contribution in [0.2, 0.25) is 0 Å². The number of nitrogens with one attached hydrogen (secondary N) is 2. The molecule has 0 spiro atoms. The fourth-order valence-corrected chi connectivity index (χ4v) is 4.16. The average Bonchev–Trinajstić information content (AvgIpc) is 3.16. The summed E-state index contributed by atoms with van der Waals surface area (Å²) in [4.78, 5) is 43.0. The summed E-state index contributed by atoms with van der Waals surface area (Å²) in [7, 11) is 1.72. The number of carbonyl (C=O) groups excluding carboxylic acids is 2. The van der Waals surface area contributed by atoms with Gasteiger partial charge in [0.15, 0.2) is 0 Å². The normalized spacial score (nSPS) is 10.8. The van der Waals surface area contributed by atoms with E-state index < -0.39 is 0 Å². The van der Waals surface area contributed by atoms with Gasteiger partial charge >= 0.3 is 5.69 Å². The third kappa shape index (κ3) is 4.70. The van der Waals surface area contributed by atoms with Crippen molar-refractivity contribution in [1.82, 2.24) is 14.1 Å². The number of amides is 2. The lowest BCUT2D eigenvalue weighted by Crippen LogP contribution is -2.24. The minimum absolute atomic E-state index is 0.188. The summed E-state index contributed by atoms with van der Waals surface area (Å²) in [5.41, 5.74) is 10.0. The van der Waals surface area contributed by atoms with Crippen LogP contribution in [0.3, 0.4) is 0 Å². The molecule has 0 unspecified atom stereocenters. The standard InChI is InChI=1S/C28H24N6O3/c1-33-24-10-4-5-11-25(24)34(28(33)37)17-20-13-12-18(26(35)31-22-9-3-2-8-21(22)29)15-23(20)32-27(36)19-7-6-14-30-16-19/h2-16H,17,29H2,1H3,(H,31,35)(H,32,36). The van der Waals surface area contributed by atoms with Gasteiger partial charge < -0.3 is 16.4 Å². The Morgan fingerprint density at radius 2 is 1.54 bits per heavy atom. The Labute approximate surface area is 212 Å². The number of imidazole rings is 1. The lowest BCUT2D eigenvalue weighted by atomic mass is 10.1. The maximum Gasteiger partial charge on any atom is 0.329 e. The molecular formula is C28H24N6O3. The summed E-state index contributed by atoms with van der Waals surface area (Å²) < 4.78 is 3.21. The summed E-state index contributed by atoms with van der Waals surface area (Å²) in [5.74, 6) is -0.770. The van der Waals surface area contributed by atoms with Gasteiger partial charge in [-0.3, -0.25) is 23.7 Å². The van der Waals surface area contributed by atoms with Gasteiger partial charge in [0.2, 0.25) is 0 Å². The second-order valence-electron chi connectivity index (χ2n) is 8.53. The van der Waals surface area contributed by atoms with Crippen molar-refractivity contribution in [3.63, 3.8) is 0 Å². The molecule has 0 radical (unpaired) electrons. The Morgan fingerprint density at radius 3 is 2.30 bits per heavy atom. The van der Waals surface area contributed by atoms with Crippen LogP contribution in [0.5, 0.6) is 0 Å². The van der Waals surface area contributed by atoms with Gasteiger partial charge in [0.25, 0.3) is 11.8 Å². The minimum atomic E-state index is -0.386. The van der Waals surface area contributed by atoms with Gasteiger partial charge in [-0.15, -0.1) is 0 Å². The van der Waals surface area contributed by atoms with Crippen molar-refractivity contribution in [3.8, 4) is 0 Å². The quantitative estimate of drug-likeness (QED) is 0.311. The first-order valence-corrected chi connectivity index (χ1v) is 11.6. The molecule has 37 heavy (non-hydrogen) atoms. The van der Waals surface area contributed by atoms with Gasteiger partial charge in [0, 0.05) is 30.7 Å². The molecule has 0 saturated heterocycles. The second-order valence-corrected chi connectivity index (χ2v) is 8.53. The molecule has 0 aliphatic rings. The van der Waals surface area contributed by atoms with Crippen molar-refractivity contribution in [2.24, 2.45) is 7.05 Å². The topological polar surface area (TPSA) is 124 Å². The van der Waals surface area contributed by atoms with Crippen LogP contribution in [0.4, 0.5) is 17.1 Å². The largest absolute Gasteiger partial charge is 0.397 e. The van der Waals surface area contributed by atoms with Crippen LogP contribution < -0.4 is 22.1 Å². The Hall–Kier alpha value is -5.18. The Morgan fingerprint density at radius 1 is 0.838 bits per heavy atom. The smallest absolute Gasteiger partial charge is 0.329 e. The van der Waals surface area contributed by atoms with Crippen molar-refractivity contribution >= 4 is 39.9 Å². The van der Waals surface area contributed by atoms with E-state index in [1.54, 1.807) is 77.0 Å². The highest BCUT2D eigenvalue weighted by Gasteiger charge is 2.17. The number of carbonyl (C=O) groups is 2. The van der Waals surface area contributed by atoms with Crippen LogP contribution in [0.15, 0.2) is 96.1 Å². The Balaban J connectivity index is 1.53. The summed E-state index contributed by atoms with van der Waals surface area (Å²) in [5, 5.41) is 5.69. The third-order valence-corrected chi connectivity index (χ3v) is 6.13. The van der Waals surface area contributed by atoms with Crippen LogP contribution in [0.25, 0.3) is 11.0 Å². The average molecular weight is 493 g/mol. The summed E-state index contributed by atoms with van der Waals surface area (Å²) in [6, 6.07) is 22.7. The molecule has 0 fully saturated rings. The van der Waals surface area contributed by atoms with E-state index in [9.17, 15) is 14.4 Å². The summed E-state index contributed by atoms with van der Waals surface area (Å²) in [6.45, 7) is 0.191. The molecule has 0 aliphatic heterocycles. The number of aromatic nitrogens is 3. The van der Waals surface area contributed by atoms with Crippen LogP contribution in [0, 0.1) is 0 Å². The van der Waals surface area contributed by atoms with Gasteiger partial charge in [-0.25, -0.2) is 4.79 Å². The monoisotopic (exact) mass is 492 g/mol. The number of aryl methyl sites for hydroxylation is 1. The lowest BCUT2D eigenvalue weighted by molar-refractivity contribution is 0.101. The molecule has 2 amide bonds. The molecule has 3 aromatic carbocycles. The number of hydrogen-bond donors (Lipinski definition) is 3. The maximum absolute atomic E-state index is 13.0. The SMILES string of the molecule is Cn1c(=O)n(Cc2ccc(C(=O)Nc3ccccc3N)cc2NC(=O)c2cccnc2)c2ccccc21. The van der Waals surface area contributed by atoms with Gasteiger partial charge in [-0.1, -0.05) is 30.3 Å². The van der Waals surface area contributed by atoms with E-state index in [1.165, 1.54) is 6.20 Å². The molecule has 2 heterocycles. The zero-order valence-electron chi connectivity index (χ0n) is 20.0. The molecule has 4 N–H and O–H groups in total. The van der Waals surface area contributed by atoms with Crippen molar-refractivity contribution in [3.05, 3.63) is 118 Å². The van der Waals surface area contributed by atoms with Gasteiger partial charge in [-0.2, -0.15) is 0 Å². The van der Waals surface area contributed by atoms with Gasteiger partial charge in [0.1, 0.15) is 0 Å². The molecule has 184 valence electrons. The Kier molecular flexibility index (Phi) is 6.25. The number of fused-ring (bicyclic) bond motifs is 1. The number of hydrogen-bond acceptors (Lipinski definition) is 5. The predicted octanol–water partition coefficient (Wildman–Crippen LogP) is 3.87. The van der Waals surface area contributed by atoms with Gasteiger partial charge in [0.05, 0.1) is 34.5 Å². The van der Waals surface area contributed by atoms with Crippen LogP contribution in [0.1, 0.15) is 26.3 Å². The molecule has 0 aliphatic carbocycles. The van der Waals surface area contributed by atoms with Crippen molar-refractivity contribution < 1.29 is 9.59 Å². The third-order valence-electron chi connectivity index (χ3n) is 6.13. The van der Waals surface area contributed by atoms with E-state index in [2.05, 4.69) is 15.6 Å². The second kappa shape index (κ2) is 9.82. The first-order valence-electron chi connectivity index (χ1n) is 11.6. The van der Waals surface area contributed by atoms with Crippen molar-refractivity contribution in [1.29, 1.82) is 0 Å². The fourth-order valence-electron chi connectivity index (χ4n) is 4.16. The van der Waals surface area contributed by atoms with E-state index in [4.69, 9.17) is 5.73 Å². The predicted molar refractivity (Wildman–Crippen MR) is 144 cm³/mol. The molecule has 0 atom stereocenters.